The van der Waals surface area contributed by atoms with Crippen LogP contribution in [0.1, 0.15) is 39.0 Å². The lowest BCUT2D eigenvalue weighted by Gasteiger charge is -2.35. The van der Waals surface area contributed by atoms with E-state index in [-0.39, 0.29) is 23.9 Å². The summed E-state index contributed by atoms with van der Waals surface area (Å²) < 4.78 is 0. The molecule has 0 aliphatic carbocycles. The van der Waals surface area contributed by atoms with Crippen molar-refractivity contribution in [2.75, 3.05) is 13.1 Å². The second-order valence-electron chi connectivity index (χ2n) is 4.97. The molecule has 4 heteroatoms. The summed E-state index contributed by atoms with van der Waals surface area (Å²) in [6, 6.07) is -0.441. The summed E-state index contributed by atoms with van der Waals surface area (Å²) in [5.41, 5.74) is 0. The van der Waals surface area contributed by atoms with Crippen LogP contribution in [-0.4, -0.2) is 46.8 Å². The normalized spacial score (nSPS) is 26.3. The molecule has 0 N–H and O–H groups in total. The van der Waals surface area contributed by atoms with Crippen molar-refractivity contribution in [1.29, 1.82) is 0 Å². The smallest absolute Gasteiger partial charge is 0.246 e. The maximum absolute atomic E-state index is 12.5. The molecule has 4 nitrogen and oxygen atoms in total. The highest BCUT2D eigenvalue weighted by Crippen LogP contribution is 2.24. The molecule has 2 aliphatic rings. The number of amides is 2. The van der Waals surface area contributed by atoms with Gasteiger partial charge in [-0.25, -0.2) is 0 Å². The van der Waals surface area contributed by atoms with E-state index in [1.807, 2.05) is 6.92 Å². The van der Waals surface area contributed by atoms with E-state index < -0.39 is 0 Å². The fourth-order valence-electron chi connectivity index (χ4n) is 2.89. The first-order valence-electron chi connectivity index (χ1n) is 6.75. The van der Waals surface area contributed by atoms with E-state index in [1.54, 1.807) is 9.80 Å². The van der Waals surface area contributed by atoms with Gasteiger partial charge < -0.3 is 9.80 Å². The van der Waals surface area contributed by atoms with Crippen LogP contribution in [-0.2, 0) is 9.59 Å². The summed E-state index contributed by atoms with van der Waals surface area (Å²) in [5, 5.41) is 0. The second-order valence-corrected chi connectivity index (χ2v) is 4.97. The van der Waals surface area contributed by atoms with E-state index >= 15 is 0 Å². The van der Waals surface area contributed by atoms with Gasteiger partial charge in [-0.2, -0.15) is 0 Å². The molecule has 0 radical (unpaired) electrons. The zero-order chi connectivity index (χ0) is 13.1. The number of carbonyl (C=O) groups excluding carboxylic acids is 2. The number of fused-ring (bicyclic) bond motifs is 1. The van der Waals surface area contributed by atoms with Crippen molar-refractivity contribution in [3.8, 4) is 12.3 Å². The fraction of sp³-hybridized carbons (Fsp3) is 0.714. The Bertz CT molecular complexity index is 386. The van der Waals surface area contributed by atoms with E-state index in [2.05, 4.69) is 5.92 Å². The van der Waals surface area contributed by atoms with Crippen LogP contribution in [0, 0.1) is 12.3 Å². The first-order chi connectivity index (χ1) is 8.69. The van der Waals surface area contributed by atoms with E-state index in [9.17, 15) is 9.59 Å². The molecule has 0 bridgehead atoms. The van der Waals surface area contributed by atoms with Crippen LogP contribution in [0.25, 0.3) is 0 Å². The standard InChI is InChI=1S/C14H20N2O2/c1-3-11(4-2)15-10-8-13(17)16-9-6-5-7-12(16)14(15)18/h1,11-12H,4-10H2,2H3. The van der Waals surface area contributed by atoms with Crippen molar-refractivity contribution < 1.29 is 9.59 Å². The number of rotatable bonds is 2. The third-order valence-corrected chi connectivity index (χ3v) is 3.91. The van der Waals surface area contributed by atoms with Crippen molar-refractivity contribution in [3.63, 3.8) is 0 Å². The van der Waals surface area contributed by atoms with Gasteiger partial charge in [0.05, 0.1) is 6.04 Å². The maximum Gasteiger partial charge on any atom is 0.246 e. The van der Waals surface area contributed by atoms with Crippen LogP contribution in [0.15, 0.2) is 0 Å². The first-order valence-corrected chi connectivity index (χ1v) is 6.75. The summed E-state index contributed by atoms with van der Waals surface area (Å²) in [5.74, 6) is 2.81. The molecule has 2 rings (SSSR count). The minimum Gasteiger partial charge on any atom is -0.331 e. The van der Waals surface area contributed by atoms with Crippen LogP contribution in [0.4, 0.5) is 0 Å². The number of piperidine rings is 1. The van der Waals surface area contributed by atoms with Gasteiger partial charge in [-0.15, -0.1) is 6.42 Å². The lowest BCUT2D eigenvalue weighted by molar-refractivity contribution is -0.143. The number of carbonyl (C=O) groups is 2. The topological polar surface area (TPSA) is 40.6 Å². The summed E-state index contributed by atoms with van der Waals surface area (Å²) in [6.07, 6.45) is 9.43. The Morgan fingerprint density at radius 2 is 2.17 bits per heavy atom. The minimum atomic E-state index is -0.267. The molecule has 0 aromatic carbocycles. The monoisotopic (exact) mass is 248 g/mol. The van der Waals surface area contributed by atoms with Crippen LogP contribution in [0.2, 0.25) is 0 Å². The van der Waals surface area contributed by atoms with Crippen LogP contribution >= 0.6 is 0 Å². The van der Waals surface area contributed by atoms with E-state index in [0.717, 1.165) is 32.2 Å². The molecule has 2 saturated heterocycles. The Kier molecular flexibility index (Phi) is 3.90. The molecule has 2 amide bonds. The molecule has 18 heavy (non-hydrogen) atoms. The van der Waals surface area contributed by atoms with Crippen molar-refractivity contribution in [2.24, 2.45) is 0 Å². The van der Waals surface area contributed by atoms with Crippen LogP contribution in [0.3, 0.4) is 0 Å². The zero-order valence-electron chi connectivity index (χ0n) is 10.9. The highest BCUT2D eigenvalue weighted by atomic mass is 16.2. The molecule has 2 fully saturated rings. The molecular formula is C14H20N2O2. The quantitative estimate of drug-likeness (QED) is 0.684. The fourth-order valence-corrected chi connectivity index (χ4v) is 2.89. The summed E-state index contributed by atoms with van der Waals surface area (Å²) in [4.78, 5) is 28.0. The van der Waals surface area contributed by atoms with Crippen LogP contribution in [0.5, 0.6) is 0 Å². The SMILES string of the molecule is C#CC(CC)N1CCC(=O)N2CCCCC2C1=O. The average molecular weight is 248 g/mol. The molecular weight excluding hydrogens is 228 g/mol. The lowest BCUT2D eigenvalue weighted by atomic mass is 10.0. The van der Waals surface area contributed by atoms with Gasteiger partial charge in [0.1, 0.15) is 6.04 Å². The maximum atomic E-state index is 12.5. The van der Waals surface area contributed by atoms with Gasteiger partial charge in [0.2, 0.25) is 11.8 Å². The average Bonchev–Trinajstić information content (AvgIpc) is 2.53. The molecule has 0 saturated carbocycles. The highest BCUT2D eigenvalue weighted by molar-refractivity contribution is 5.90. The van der Waals surface area contributed by atoms with Crippen molar-refractivity contribution in [1.82, 2.24) is 9.80 Å². The molecule has 0 aromatic rings. The predicted molar refractivity (Wildman–Crippen MR) is 68.6 cm³/mol. The van der Waals surface area contributed by atoms with Crippen molar-refractivity contribution >= 4 is 11.8 Å². The number of nitrogens with zero attached hydrogens (tertiary/aromatic N) is 2. The second kappa shape index (κ2) is 5.43. The van der Waals surface area contributed by atoms with Gasteiger partial charge in [-0.3, -0.25) is 9.59 Å². The van der Waals surface area contributed by atoms with Crippen molar-refractivity contribution in [2.45, 2.75) is 51.1 Å². The third kappa shape index (κ3) is 2.22. The lowest BCUT2D eigenvalue weighted by Crippen LogP contribution is -2.51. The Labute approximate surface area is 108 Å². The number of hydrogen-bond donors (Lipinski definition) is 0. The molecule has 0 spiro atoms. The number of hydrogen-bond acceptors (Lipinski definition) is 2. The van der Waals surface area contributed by atoms with E-state index in [4.69, 9.17) is 6.42 Å². The van der Waals surface area contributed by atoms with Gasteiger partial charge in [-0.05, 0) is 25.7 Å². The molecule has 2 heterocycles. The minimum absolute atomic E-state index is 0.0466. The molecule has 2 atom stereocenters. The Hall–Kier alpha value is -1.50. The van der Waals surface area contributed by atoms with E-state index in [0.29, 0.717) is 13.0 Å². The highest BCUT2D eigenvalue weighted by Gasteiger charge is 2.39. The van der Waals surface area contributed by atoms with Crippen molar-refractivity contribution in [3.05, 3.63) is 0 Å². The van der Waals surface area contributed by atoms with Gasteiger partial charge in [-0.1, -0.05) is 12.8 Å². The summed E-state index contributed by atoms with van der Waals surface area (Å²) >= 11 is 0. The van der Waals surface area contributed by atoms with Gasteiger partial charge in [0, 0.05) is 19.5 Å². The summed E-state index contributed by atoms with van der Waals surface area (Å²) in [6.45, 7) is 3.16. The number of terminal acetylenes is 1. The first kappa shape index (κ1) is 12.9. The van der Waals surface area contributed by atoms with Gasteiger partial charge in [0.25, 0.3) is 0 Å². The molecule has 0 aromatic heterocycles. The summed E-state index contributed by atoms with van der Waals surface area (Å²) in [7, 11) is 0. The largest absolute Gasteiger partial charge is 0.331 e. The van der Waals surface area contributed by atoms with E-state index in [1.165, 1.54) is 0 Å². The Morgan fingerprint density at radius 3 is 2.83 bits per heavy atom. The zero-order valence-corrected chi connectivity index (χ0v) is 10.9. The Balaban J connectivity index is 2.23. The molecule has 2 aliphatic heterocycles. The molecule has 2 unspecified atom stereocenters. The predicted octanol–water partition coefficient (Wildman–Crippen LogP) is 1.01. The molecule has 98 valence electrons. The van der Waals surface area contributed by atoms with Crippen LogP contribution < -0.4 is 0 Å². The van der Waals surface area contributed by atoms with Gasteiger partial charge >= 0.3 is 0 Å². The van der Waals surface area contributed by atoms with Gasteiger partial charge in [0.15, 0.2) is 0 Å². The Morgan fingerprint density at radius 1 is 1.39 bits per heavy atom. The third-order valence-electron chi connectivity index (χ3n) is 3.91.